The van der Waals surface area contributed by atoms with Crippen LogP contribution in [0.3, 0.4) is 0 Å². The summed E-state index contributed by atoms with van der Waals surface area (Å²) in [5.41, 5.74) is 3.97. The Morgan fingerprint density at radius 3 is 2.68 bits per heavy atom. The van der Waals surface area contributed by atoms with E-state index in [0.29, 0.717) is 12.3 Å². The highest BCUT2D eigenvalue weighted by Gasteiger charge is 2.31. The summed E-state index contributed by atoms with van der Waals surface area (Å²) in [6.45, 7) is 1.24. The number of alkyl halides is 3. The SMILES string of the molecule is CCOC(=O)c1sc(N)c(C#N)c1Cn1cc(C(F)(F)F)ccc1=O. The van der Waals surface area contributed by atoms with E-state index < -0.39 is 29.8 Å². The van der Waals surface area contributed by atoms with Crippen molar-refractivity contribution in [2.75, 3.05) is 12.3 Å². The molecule has 6 nitrogen and oxygen atoms in total. The fraction of sp³-hybridized carbons (Fsp3) is 0.267. The number of rotatable bonds is 4. The molecule has 0 amide bonds. The van der Waals surface area contributed by atoms with E-state index in [0.717, 1.165) is 22.0 Å². The van der Waals surface area contributed by atoms with Gasteiger partial charge in [0.1, 0.15) is 15.9 Å². The Morgan fingerprint density at radius 1 is 1.44 bits per heavy atom. The molecule has 2 aromatic heterocycles. The maximum atomic E-state index is 12.8. The molecule has 0 saturated carbocycles. The molecule has 0 aromatic carbocycles. The quantitative estimate of drug-likeness (QED) is 0.833. The van der Waals surface area contributed by atoms with Gasteiger partial charge in [0.05, 0.1) is 24.3 Å². The van der Waals surface area contributed by atoms with E-state index >= 15 is 0 Å². The number of nitrogen functional groups attached to an aromatic ring is 1. The van der Waals surface area contributed by atoms with Gasteiger partial charge < -0.3 is 15.0 Å². The minimum atomic E-state index is -4.63. The zero-order chi connectivity index (χ0) is 18.8. The molecule has 2 heterocycles. The minimum absolute atomic E-state index is 0.0137. The van der Waals surface area contributed by atoms with Crippen LogP contribution in [0.2, 0.25) is 0 Å². The van der Waals surface area contributed by atoms with Crippen LogP contribution in [0.1, 0.15) is 33.3 Å². The normalized spacial score (nSPS) is 11.2. The molecule has 0 spiro atoms. The number of aromatic nitrogens is 1. The molecule has 0 atom stereocenters. The molecule has 0 saturated heterocycles. The fourth-order valence-electron chi connectivity index (χ4n) is 2.11. The molecular weight excluding hydrogens is 359 g/mol. The molecule has 2 rings (SSSR count). The van der Waals surface area contributed by atoms with Crippen molar-refractivity contribution in [2.24, 2.45) is 0 Å². The zero-order valence-corrected chi connectivity index (χ0v) is 13.7. The molecule has 0 bridgehead atoms. The number of hydrogen-bond acceptors (Lipinski definition) is 6. The van der Waals surface area contributed by atoms with Gasteiger partial charge in [0, 0.05) is 17.8 Å². The molecule has 132 valence electrons. The molecule has 25 heavy (non-hydrogen) atoms. The number of nitriles is 1. The lowest BCUT2D eigenvalue weighted by Crippen LogP contribution is -2.23. The smallest absolute Gasteiger partial charge is 0.417 e. The Labute approximate surface area is 143 Å². The molecule has 0 unspecified atom stereocenters. The molecule has 10 heteroatoms. The van der Waals surface area contributed by atoms with Crippen LogP contribution in [0.5, 0.6) is 0 Å². The lowest BCUT2D eigenvalue weighted by molar-refractivity contribution is -0.138. The number of hydrogen-bond donors (Lipinski definition) is 1. The highest BCUT2D eigenvalue weighted by atomic mass is 32.1. The van der Waals surface area contributed by atoms with Crippen molar-refractivity contribution in [1.82, 2.24) is 4.57 Å². The average molecular weight is 371 g/mol. The summed E-state index contributed by atoms with van der Waals surface area (Å²) in [6, 6.07) is 3.24. The van der Waals surface area contributed by atoms with Crippen LogP contribution in [0.4, 0.5) is 18.2 Å². The fourth-order valence-corrected chi connectivity index (χ4v) is 3.04. The Kier molecular flexibility index (Phi) is 5.18. The summed E-state index contributed by atoms with van der Waals surface area (Å²) in [4.78, 5) is 23.9. The van der Waals surface area contributed by atoms with Crippen molar-refractivity contribution in [3.63, 3.8) is 0 Å². The van der Waals surface area contributed by atoms with Crippen LogP contribution in [0, 0.1) is 11.3 Å². The summed E-state index contributed by atoms with van der Waals surface area (Å²) < 4.78 is 44.1. The number of halogens is 3. The second-order valence-electron chi connectivity index (χ2n) is 4.86. The van der Waals surface area contributed by atoms with Crippen molar-refractivity contribution < 1.29 is 22.7 Å². The summed E-state index contributed by atoms with van der Waals surface area (Å²) in [7, 11) is 0. The highest BCUT2D eigenvalue weighted by molar-refractivity contribution is 7.18. The third-order valence-electron chi connectivity index (χ3n) is 3.25. The lowest BCUT2D eigenvalue weighted by Gasteiger charge is -2.11. The Balaban J connectivity index is 2.56. The second-order valence-corrected chi connectivity index (χ2v) is 5.92. The first kappa shape index (κ1) is 18.5. The number of esters is 1. The summed E-state index contributed by atoms with van der Waals surface area (Å²) in [5, 5.41) is 9.24. The maximum absolute atomic E-state index is 12.8. The van der Waals surface area contributed by atoms with E-state index in [2.05, 4.69) is 0 Å². The van der Waals surface area contributed by atoms with Crippen LogP contribution in [0.25, 0.3) is 0 Å². The number of pyridine rings is 1. The van der Waals surface area contributed by atoms with Crippen molar-refractivity contribution in [1.29, 1.82) is 5.26 Å². The highest BCUT2D eigenvalue weighted by Crippen LogP contribution is 2.32. The number of ether oxygens (including phenoxy) is 1. The van der Waals surface area contributed by atoms with Crippen LogP contribution in [-0.4, -0.2) is 17.1 Å². The molecule has 0 radical (unpaired) electrons. The van der Waals surface area contributed by atoms with Crippen molar-refractivity contribution in [3.05, 3.63) is 50.3 Å². The van der Waals surface area contributed by atoms with Gasteiger partial charge in [-0.1, -0.05) is 0 Å². The third kappa shape index (κ3) is 3.83. The number of anilines is 1. The summed E-state index contributed by atoms with van der Waals surface area (Å²) in [6.07, 6.45) is -4.00. The molecule has 0 aliphatic heterocycles. The van der Waals surface area contributed by atoms with Gasteiger partial charge in [-0.25, -0.2) is 4.79 Å². The largest absolute Gasteiger partial charge is 0.462 e. The third-order valence-corrected chi connectivity index (χ3v) is 4.29. The number of carbonyl (C=O) groups excluding carboxylic acids is 1. The average Bonchev–Trinajstić information content (AvgIpc) is 2.84. The molecule has 0 fully saturated rings. The number of carbonyl (C=O) groups is 1. The summed E-state index contributed by atoms with van der Waals surface area (Å²) in [5.74, 6) is -0.754. The Bertz CT molecular complexity index is 909. The van der Waals surface area contributed by atoms with E-state index in [9.17, 15) is 28.0 Å². The van der Waals surface area contributed by atoms with Gasteiger partial charge in [-0.2, -0.15) is 18.4 Å². The van der Waals surface area contributed by atoms with Crippen LogP contribution in [-0.2, 0) is 17.5 Å². The molecule has 2 N–H and O–H groups in total. The van der Waals surface area contributed by atoms with E-state index in [4.69, 9.17) is 10.5 Å². The van der Waals surface area contributed by atoms with Gasteiger partial charge in [-0.3, -0.25) is 4.79 Å². The predicted octanol–water partition coefficient (Wildman–Crippen LogP) is 2.61. The lowest BCUT2D eigenvalue weighted by atomic mass is 10.1. The number of nitrogens with two attached hydrogens (primary N) is 1. The Hall–Kier alpha value is -2.80. The number of nitrogens with zero attached hydrogens (tertiary/aromatic N) is 2. The van der Waals surface area contributed by atoms with E-state index in [1.165, 1.54) is 0 Å². The van der Waals surface area contributed by atoms with Crippen molar-refractivity contribution in [3.8, 4) is 6.07 Å². The topological polar surface area (TPSA) is 98.1 Å². The molecular formula is C15H12F3N3O3S. The monoisotopic (exact) mass is 371 g/mol. The summed E-state index contributed by atoms with van der Waals surface area (Å²) >= 11 is 0.792. The molecule has 0 aliphatic rings. The molecule has 2 aromatic rings. The maximum Gasteiger partial charge on any atom is 0.417 e. The zero-order valence-electron chi connectivity index (χ0n) is 12.9. The van der Waals surface area contributed by atoms with Crippen LogP contribution >= 0.6 is 11.3 Å². The van der Waals surface area contributed by atoms with Gasteiger partial charge in [-0.15, -0.1) is 11.3 Å². The first-order valence-corrected chi connectivity index (χ1v) is 7.76. The van der Waals surface area contributed by atoms with Gasteiger partial charge in [0.25, 0.3) is 5.56 Å². The number of thiophene rings is 1. The first-order valence-electron chi connectivity index (χ1n) is 6.95. The van der Waals surface area contributed by atoms with Crippen LogP contribution < -0.4 is 11.3 Å². The van der Waals surface area contributed by atoms with Gasteiger partial charge in [-0.05, 0) is 13.0 Å². The van der Waals surface area contributed by atoms with Gasteiger partial charge in [0.15, 0.2) is 0 Å². The predicted molar refractivity (Wildman–Crippen MR) is 84.2 cm³/mol. The minimum Gasteiger partial charge on any atom is -0.462 e. The van der Waals surface area contributed by atoms with Crippen LogP contribution in [0.15, 0.2) is 23.1 Å². The first-order chi connectivity index (χ1) is 11.7. The van der Waals surface area contributed by atoms with E-state index in [-0.39, 0.29) is 27.6 Å². The van der Waals surface area contributed by atoms with Crippen molar-refractivity contribution >= 4 is 22.3 Å². The van der Waals surface area contributed by atoms with Gasteiger partial charge >= 0.3 is 12.1 Å². The van der Waals surface area contributed by atoms with E-state index in [1.807, 2.05) is 0 Å². The van der Waals surface area contributed by atoms with Crippen molar-refractivity contribution in [2.45, 2.75) is 19.6 Å². The van der Waals surface area contributed by atoms with Gasteiger partial charge in [0.2, 0.25) is 0 Å². The van der Waals surface area contributed by atoms with E-state index in [1.54, 1.807) is 13.0 Å². The Morgan fingerprint density at radius 2 is 2.12 bits per heavy atom. The standard InChI is InChI=1S/C15H12F3N3O3S/c1-2-24-14(23)12-10(9(5-19)13(20)25-12)7-21-6-8(15(16,17)18)3-4-11(21)22/h3-4,6H,2,7,20H2,1H3. The second kappa shape index (κ2) is 6.98. The molecule has 0 aliphatic carbocycles.